The number of nitrogens with one attached hydrogen (secondary N) is 1. The number of piperazine rings is 1. The van der Waals surface area contributed by atoms with Crippen molar-refractivity contribution < 1.29 is 4.52 Å². The molecule has 0 amide bonds. The van der Waals surface area contributed by atoms with E-state index in [1.807, 2.05) is 13.8 Å². The molecule has 1 aromatic carbocycles. The molecular weight excluding hydrogens is 250 g/mol. The molecule has 1 aliphatic rings. The van der Waals surface area contributed by atoms with Gasteiger partial charge in [0.15, 0.2) is 0 Å². The average Bonchev–Trinajstić information content (AvgIpc) is 2.80. The summed E-state index contributed by atoms with van der Waals surface area (Å²) in [5.41, 5.74) is 4.65. The van der Waals surface area contributed by atoms with Crippen molar-refractivity contribution in [2.75, 3.05) is 26.2 Å². The predicted octanol–water partition coefficient (Wildman–Crippen LogP) is 2.36. The summed E-state index contributed by atoms with van der Waals surface area (Å²) in [5, 5.41) is 7.43. The molecule has 0 radical (unpaired) electrons. The maximum absolute atomic E-state index is 5.27. The highest BCUT2D eigenvalue weighted by atomic mass is 16.5. The lowest BCUT2D eigenvalue weighted by atomic mass is 10.0. The van der Waals surface area contributed by atoms with Gasteiger partial charge < -0.3 is 9.84 Å². The van der Waals surface area contributed by atoms with Gasteiger partial charge in [0.25, 0.3) is 0 Å². The number of nitrogens with zero attached hydrogens (tertiary/aromatic N) is 2. The van der Waals surface area contributed by atoms with Gasteiger partial charge in [-0.15, -0.1) is 0 Å². The second-order valence-electron chi connectivity index (χ2n) is 5.43. The summed E-state index contributed by atoms with van der Waals surface area (Å²) in [6, 6.07) is 8.71. The molecule has 0 saturated carbocycles. The van der Waals surface area contributed by atoms with Crippen molar-refractivity contribution in [3.8, 4) is 11.1 Å². The fourth-order valence-electron chi connectivity index (χ4n) is 2.85. The maximum Gasteiger partial charge on any atom is 0.141 e. The van der Waals surface area contributed by atoms with E-state index in [9.17, 15) is 0 Å². The van der Waals surface area contributed by atoms with Gasteiger partial charge >= 0.3 is 0 Å². The van der Waals surface area contributed by atoms with Crippen LogP contribution < -0.4 is 5.32 Å². The molecule has 0 aliphatic carbocycles. The van der Waals surface area contributed by atoms with Gasteiger partial charge in [-0.25, -0.2) is 0 Å². The van der Waals surface area contributed by atoms with Crippen LogP contribution in [0.3, 0.4) is 0 Å². The third-order valence-electron chi connectivity index (χ3n) is 3.86. The summed E-state index contributed by atoms with van der Waals surface area (Å²) < 4.78 is 5.27. The van der Waals surface area contributed by atoms with Gasteiger partial charge in [-0.05, 0) is 31.0 Å². The Kier molecular flexibility index (Phi) is 3.85. The Morgan fingerprint density at radius 1 is 1.25 bits per heavy atom. The smallest absolute Gasteiger partial charge is 0.141 e. The quantitative estimate of drug-likeness (QED) is 0.930. The van der Waals surface area contributed by atoms with Crippen LogP contribution in [0, 0.1) is 13.8 Å². The van der Waals surface area contributed by atoms with E-state index in [0.29, 0.717) is 0 Å². The molecule has 106 valence electrons. The molecule has 0 bridgehead atoms. The Bertz CT molecular complexity index is 566. The van der Waals surface area contributed by atoms with Crippen LogP contribution in [0.1, 0.15) is 17.0 Å². The number of hydrogen-bond donors (Lipinski definition) is 1. The standard InChI is InChI=1S/C16H21N3O/c1-12-16(13(2)20-18-12)15-5-3-4-14(10-15)11-19-8-6-17-7-9-19/h3-5,10,17H,6-9,11H2,1-2H3. The van der Waals surface area contributed by atoms with Crippen LogP contribution >= 0.6 is 0 Å². The second kappa shape index (κ2) is 5.77. The fraction of sp³-hybridized carbons (Fsp3) is 0.438. The predicted molar refractivity (Wildman–Crippen MR) is 79.6 cm³/mol. The minimum Gasteiger partial charge on any atom is -0.361 e. The molecule has 3 rings (SSSR count). The number of hydrogen-bond acceptors (Lipinski definition) is 4. The van der Waals surface area contributed by atoms with Crippen LogP contribution in [0.15, 0.2) is 28.8 Å². The minimum absolute atomic E-state index is 0.891. The molecule has 0 spiro atoms. The van der Waals surface area contributed by atoms with Crippen LogP contribution in [-0.4, -0.2) is 36.2 Å². The van der Waals surface area contributed by atoms with E-state index in [1.165, 1.54) is 11.1 Å². The van der Waals surface area contributed by atoms with Gasteiger partial charge in [-0.3, -0.25) is 4.90 Å². The molecule has 1 N–H and O–H groups in total. The maximum atomic E-state index is 5.27. The molecule has 4 heteroatoms. The highest BCUT2D eigenvalue weighted by Crippen LogP contribution is 2.27. The summed E-state index contributed by atoms with van der Waals surface area (Å²) in [7, 11) is 0. The van der Waals surface area contributed by atoms with E-state index in [1.54, 1.807) is 0 Å². The van der Waals surface area contributed by atoms with Gasteiger partial charge in [-0.2, -0.15) is 0 Å². The Morgan fingerprint density at radius 3 is 2.75 bits per heavy atom. The molecule has 1 aromatic heterocycles. The molecule has 4 nitrogen and oxygen atoms in total. The summed E-state index contributed by atoms with van der Waals surface area (Å²) in [4.78, 5) is 2.49. The fourth-order valence-corrected chi connectivity index (χ4v) is 2.85. The van der Waals surface area contributed by atoms with E-state index < -0.39 is 0 Å². The molecule has 20 heavy (non-hydrogen) atoms. The van der Waals surface area contributed by atoms with Gasteiger partial charge in [0.05, 0.1) is 5.69 Å². The third kappa shape index (κ3) is 2.76. The van der Waals surface area contributed by atoms with Crippen LogP contribution in [0.25, 0.3) is 11.1 Å². The van der Waals surface area contributed by atoms with Crippen molar-refractivity contribution >= 4 is 0 Å². The number of rotatable bonds is 3. The average molecular weight is 271 g/mol. The number of aromatic nitrogens is 1. The van der Waals surface area contributed by atoms with Crippen LogP contribution in [0.2, 0.25) is 0 Å². The molecule has 2 heterocycles. The molecule has 0 atom stereocenters. The van der Waals surface area contributed by atoms with Crippen LogP contribution in [0.4, 0.5) is 0 Å². The SMILES string of the molecule is Cc1noc(C)c1-c1cccc(CN2CCNCC2)c1. The van der Waals surface area contributed by atoms with E-state index in [-0.39, 0.29) is 0 Å². The lowest BCUT2D eigenvalue weighted by Gasteiger charge is -2.27. The van der Waals surface area contributed by atoms with E-state index >= 15 is 0 Å². The van der Waals surface area contributed by atoms with E-state index in [0.717, 1.165) is 49.7 Å². The van der Waals surface area contributed by atoms with Crippen molar-refractivity contribution in [1.82, 2.24) is 15.4 Å². The van der Waals surface area contributed by atoms with E-state index in [2.05, 4.69) is 39.6 Å². The minimum atomic E-state index is 0.891. The second-order valence-corrected chi connectivity index (χ2v) is 5.43. The third-order valence-corrected chi connectivity index (χ3v) is 3.86. The first kappa shape index (κ1) is 13.3. The zero-order valence-electron chi connectivity index (χ0n) is 12.1. The van der Waals surface area contributed by atoms with Crippen LogP contribution in [-0.2, 0) is 6.54 Å². The summed E-state index contributed by atoms with van der Waals surface area (Å²) in [5.74, 6) is 0.891. The lowest BCUT2D eigenvalue weighted by Crippen LogP contribution is -2.42. The van der Waals surface area contributed by atoms with Gasteiger partial charge in [0, 0.05) is 38.3 Å². The van der Waals surface area contributed by atoms with Crippen molar-refractivity contribution in [2.45, 2.75) is 20.4 Å². The monoisotopic (exact) mass is 271 g/mol. The number of aryl methyl sites for hydroxylation is 2. The first-order valence-corrected chi connectivity index (χ1v) is 7.19. The molecule has 0 unspecified atom stereocenters. The van der Waals surface area contributed by atoms with E-state index in [4.69, 9.17) is 4.52 Å². The first-order valence-electron chi connectivity index (χ1n) is 7.19. The van der Waals surface area contributed by atoms with Crippen LogP contribution in [0.5, 0.6) is 0 Å². The summed E-state index contributed by atoms with van der Waals surface area (Å²) in [6.45, 7) is 9.39. The molecular formula is C16H21N3O. The topological polar surface area (TPSA) is 41.3 Å². The Morgan fingerprint density at radius 2 is 2.05 bits per heavy atom. The largest absolute Gasteiger partial charge is 0.361 e. The lowest BCUT2D eigenvalue weighted by molar-refractivity contribution is 0.233. The normalized spacial score (nSPS) is 16.5. The summed E-state index contributed by atoms with van der Waals surface area (Å²) in [6.07, 6.45) is 0. The zero-order valence-corrected chi connectivity index (χ0v) is 12.1. The van der Waals surface area contributed by atoms with Crippen molar-refractivity contribution in [2.24, 2.45) is 0 Å². The summed E-state index contributed by atoms with van der Waals surface area (Å²) >= 11 is 0. The van der Waals surface area contributed by atoms with Gasteiger partial charge in [0.1, 0.15) is 5.76 Å². The van der Waals surface area contributed by atoms with Crippen molar-refractivity contribution in [3.05, 3.63) is 41.3 Å². The first-order chi connectivity index (χ1) is 9.74. The highest BCUT2D eigenvalue weighted by molar-refractivity contribution is 5.68. The Labute approximate surface area is 119 Å². The number of benzene rings is 1. The van der Waals surface area contributed by atoms with Crippen molar-refractivity contribution in [1.29, 1.82) is 0 Å². The molecule has 1 saturated heterocycles. The molecule has 1 aliphatic heterocycles. The van der Waals surface area contributed by atoms with Gasteiger partial charge in [-0.1, -0.05) is 23.4 Å². The highest BCUT2D eigenvalue weighted by Gasteiger charge is 2.13. The Balaban J connectivity index is 1.82. The zero-order chi connectivity index (χ0) is 13.9. The Hall–Kier alpha value is -1.65. The molecule has 1 fully saturated rings. The molecule has 2 aromatic rings. The van der Waals surface area contributed by atoms with Crippen molar-refractivity contribution in [3.63, 3.8) is 0 Å². The van der Waals surface area contributed by atoms with Gasteiger partial charge in [0.2, 0.25) is 0 Å².